The molecule has 0 saturated heterocycles. The Morgan fingerprint density at radius 1 is 1.60 bits per heavy atom. The first-order valence-electron chi connectivity index (χ1n) is 6.04. The number of carboxylic acid groups (broad SMARTS) is 1. The smallest absolute Gasteiger partial charge is 0.346 e. The van der Waals surface area contributed by atoms with Gasteiger partial charge < -0.3 is 10.0 Å². The van der Waals surface area contributed by atoms with Crippen LogP contribution < -0.4 is 4.90 Å². The summed E-state index contributed by atoms with van der Waals surface area (Å²) in [5, 5.41) is 18.7. The molecule has 1 atom stereocenters. The van der Waals surface area contributed by atoms with Gasteiger partial charge in [0.05, 0.1) is 17.9 Å². The number of aromatic carboxylic acids is 1. The minimum absolute atomic E-state index is 0.00863. The first kappa shape index (κ1) is 14.2. The maximum Gasteiger partial charge on any atom is 0.346 e. The second-order valence-electron chi connectivity index (χ2n) is 4.56. The van der Waals surface area contributed by atoms with E-state index in [2.05, 4.69) is 16.0 Å². The molecule has 0 bridgehead atoms. The van der Waals surface area contributed by atoms with Gasteiger partial charge in [0, 0.05) is 13.1 Å². The number of hydrogen-bond donors (Lipinski definition) is 1. The fraction of sp³-hybridized carbons (Fsp3) is 0.385. The van der Waals surface area contributed by atoms with Crippen molar-refractivity contribution in [1.29, 1.82) is 5.26 Å². The van der Waals surface area contributed by atoms with Gasteiger partial charge in [0.15, 0.2) is 0 Å². The minimum atomic E-state index is -0.954. The van der Waals surface area contributed by atoms with E-state index in [0.29, 0.717) is 22.6 Å². The number of nitriles is 1. The zero-order valence-corrected chi connectivity index (χ0v) is 12.2. The normalized spacial score (nSPS) is 12.1. The van der Waals surface area contributed by atoms with Crippen LogP contribution >= 0.6 is 11.3 Å². The van der Waals surface area contributed by atoms with Crippen molar-refractivity contribution in [2.45, 2.75) is 26.3 Å². The van der Waals surface area contributed by atoms with Gasteiger partial charge in [0.25, 0.3) is 0 Å². The molecule has 0 spiro atoms. The van der Waals surface area contributed by atoms with Crippen molar-refractivity contribution in [2.75, 3.05) is 11.9 Å². The monoisotopic (exact) mass is 290 g/mol. The molecule has 0 saturated carbocycles. The molecule has 0 amide bonds. The first-order valence-corrected chi connectivity index (χ1v) is 6.86. The predicted octanol–water partition coefficient (Wildman–Crippen LogP) is 2.44. The lowest BCUT2D eigenvalue weighted by Crippen LogP contribution is -2.29. The second-order valence-corrected chi connectivity index (χ2v) is 5.56. The molecule has 7 heteroatoms. The highest BCUT2D eigenvalue weighted by molar-refractivity contribution is 7.20. The lowest BCUT2D eigenvalue weighted by Gasteiger charge is -2.24. The lowest BCUT2D eigenvalue weighted by molar-refractivity contribution is 0.0701. The van der Waals surface area contributed by atoms with Crippen LogP contribution in [0.2, 0.25) is 0 Å². The SMILES string of the molecule is Cc1c(C(=O)O)sc2ncnc(N(C)C(C)CC#N)c12. The fourth-order valence-corrected chi connectivity index (χ4v) is 2.98. The molecular weight excluding hydrogens is 276 g/mol. The quantitative estimate of drug-likeness (QED) is 0.930. The van der Waals surface area contributed by atoms with Crippen LogP contribution in [0.25, 0.3) is 10.2 Å². The van der Waals surface area contributed by atoms with E-state index in [1.807, 2.05) is 18.9 Å². The maximum absolute atomic E-state index is 11.2. The summed E-state index contributed by atoms with van der Waals surface area (Å²) in [6.07, 6.45) is 1.80. The maximum atomic E-state index is 11.2. The van der Waals surface area contributed by atoms with Crippen molar-refractivity contribution >= 4 is 33.3 Å². The van der Waals surface area contributed by atoms with E-state index in [0.717, 1.165) is 16.7 Å². The summed E-state index contributed by atoms with van der Waals surface area (Å²) in [7, 11) is 1.85. The van der Waals surface area contributed by atoms with Gasteiger partial charge in [0.1, 0.15) is 21.9 Å². The highest BCUT2D eigenvalue weighted by Crippen LogP contribution is 2.35. The molecule has 2 heterocycles. The Bertz CT molecular complexity index is 704. The van der Waals surface area contributed by atoms with Gasteiger partial charge >= 0.3 is 5.97 Å². The Morgan fingerprint density at radius 3 is 2.90 bits per heavy atom. The van der Waals surface area contributed by atoms with E-state index in [9.17, 15) is 9.90 Å². The van der Waals surface area contributed by atoms with E-state index in [1.165, 1.54) is 6.33 Å². The van der Waals surface area contributed by atoms with Crippen molar-refractivity contribution in [3.8, 4) is 6.07 Å². The van der Waals surface area contributed by atoms with Crippen LogP contribution in [0.15, 0.2) is 6.33 Å². The third-order valence-corrected chi connectivity index (χ3v) is 4.47. The average molecular weight is 290 g/mol. The van der Waals surface area contributed by atoms with Crippen molar-refractivity contribution < 1.29 is 9.90 Å². The lowest BCUT2D eigenvalue weighted by atomic mass is 10.1. The van der Waals surface area contributed by atoms with Gasteiger partial charge in [0.2, 0.25) is 0 Å². The van der Waals surface area contributed by atoms with Gasteiger partial charge in [-0.05, 0) is 19.4 Å². The van der Waals surface area contributed by atoms with Gasteiger partial charge in [-0.2, -0.15) is 5.26 Å². The van der Waals surface area contributed by atoms with Crippen LogP contribution in [-0.4, -0.2) is 34.1 Å². The largest absolute Gasteiger partial charge is 0.477 e. The number of carboxylic acids is 1. The van der Waals surface area contributed by atoms with Crippen molar-refractivity contribution in [1.82, 2.24) is 9.97 Å². The van der Waals surface area contributed by atoms with Crippen LogP contribution in [0.5, 0.6) is 0 Å². The minimum Gasteiger partial charge on any atom is -0.477 e. The molecular formula is C13H14N4O2S. The van der Waals surface area contributed by atoms with Gasteiger partial charge in [-0.1, -0.05) is 0 Å². The number of rotatable bonds is 4. The summed E-state index contributed by atoms with van der Waals surface area (Å²) in [6.45, 7) is 3.69. The summed E-state index contributed by atoms with van der Waals surface area (Å²) in [4.78, 5) is 22.4. The summed E-state index contributed by atoms with van der Waals surface area (Å²) in [5.41, 5.74) is 0.670. The van der Waals surface area contributed by atoms with Crippen molar-refractivity contribution in [3.63, 3.8) is 0 Å². The topological polar surface area (TPSA) is 90.1 Å². The zero-order chi connectivity index (χ0) is 14.9. The Hall–Kier alpha value is -2.20. The predicted molar refractivity (Wildman–Crippen MR) is 77.2 cm³/mol. The number of hydrogen-bond acceptors (Lipinski definition) is 6. The summed E-state index contributed by atoms with van der Waals surface area (Å²) in [5.74, 6) is -0.289. The second kappa shape index (κ2) is 5.43. The van der Waals surface area contributed by atoms with Crippen molar-refractivity contribution in [2.24, 2.45) is 0 Å². The molecule has 1 N–H and O–H groups in total. The van der Waals surface area contributed by atoms with Crippen molar-refractivity contribution in [3.05, 3.63) is 16.8 Å². The van der Waals surface area contributed by atoms with E-state index >= 15 is 0 Å². The molecule has 6 nitrogen and oxygen atoms in total. The molecule has 0 aliphatic rings. The number of anilines is 1. The molecule has 1 unspecified atom stereocenters. The van der Waals surface area contributed by atoms with E-state index < -0.39 is 5.97 Å². The average Bonchev–Trinajstić information content (AvgIpc) is 2.76. The van der Waals surface area contributed by atoms with E-state index in [4.69, 9.17) is 5.26 Å². The van der Waals surface area contributed by atoms with Gasteiger partial charge in [-0.25, -0.2) is 14.8 Å². The third kappa shape index (κ3) is 2.30. The number of nitrogens with zero attached hydrogens (tertiary/aromatic N) is 4. The number of aryl methyl sites for hydroxylation is 1. The summed E-state index contributed by atoms with van der Waals surface area (Å²) in [6, 6.07) is 2.12. The molecule has 104 valence electrons. The Morgan fingerprint density at radius 2 is 2.30 bits per heavy atom. The number of aromatic nitrogens is 2. The molecule has 0 radical (unpaired) electrons. The Balaban J connectivity index is 2.60. The van der Waals surface area contributed by atoms with Crippen LogP contribution in [0, 0.1) is 18.3 Å². The first-order chi connectivity index (χ1) is 9.47. The molecule has 0 aliphatic carbocycles. The highest BCUT2D eigenvalue weighted by Gasteiger charge is 2.21. The number of thiophene rings is 1. The Kier molecular flexibility index (Phi) is 3.86. The molecule has 0 aromatic carbocycles. The molecule has 0 aliphatic heterocycles. The fourth-order valence-electron chi connectivity index (χ4n) is 2.00. The molecule has 20 heavy (non-hydrogen) atoms. The van der Waals surface area contributed by atoms with E-state index in [1.54, 1.807) is 6.92 Å². The van der Waals surface area contributed by atoms with Crippen LogP contribution in [-0.2, 0) is 0 Å². The number of fused-ring (bicyclic) bond motifs is 1. The highest BCUT2D eigenvalue weighted by atomic mass is 32.1. The standard InChI is InChI=1S/C13H14N4O2S/c1-7(4-5-14)17(3)11-9-8(2)10(13(18)19)20-12(9)16-6-15-11/h6-7H,4H2,1-3H3,(H,18,19). The van der Waals surface area contributed by atoms with Crippen LogP contribution in [0.4, 0.5) is 5.82 Å². The summed E-state index contributed by atoms with van der Waals surface area (Å²) < 4.78 is 0. The van der Waals surface area contributed by atoms with Gasteiger partial charge in [-0.3, -0.25) is 0 Å². The molecule has 2 aromatic heterocycles. The Labute approximate surface area is 120 Å². The third-order valence-electron chi connectivity index (χ3n) is 3.28. The molecule has 0 fully saturated rings. The molecule has 2 aromatic rings. The van der Waals surface area contributed by atoms with Crippen LogP contribution in [0.1, 0.15) is 28.6 Å². The molecule has 2 rings (SSSR count). The summed E-state index contributed by atoms with van der Waals surface area (Å²) >= 11 is 1.15. The van der Waals surface area contributed by atoms with Crippen LogP contribution in [0.3, 0.4) is 0 Å². The number of carbonyl (C=O) groups is 1. The van der Waals surface area contributed by atoms with Gasteiger partial charge in [-0.15, -0.1) is 11.3 Å². The zero-order valence-electron chi connectivity index (χ0n) is 11.4. The van der Waals surface area contributed by atoms with E-state index in [-0.39, 0.29) is 10.9 Å².